The van der Waals surface area contributed by atoms with Gasteiger partial charge in [-0.1, -0.05) is 6.42 Å². The van der Waals surface area contributed by atoms with Crippen molar-refractivity contribution in [2.75, 3.05) is 28.2 Å². The number of rotatable bonds is 7. The first-order chi connectivity index (χ1) is 8.04. The van der Waals surface area contributed by atoms with Crippen LogP contribution in [0.15, 0.2) is 11.4 Å². The van der Waals surface area contributed by atoms with Gasteiger partial charge in [-0.3, -0.25) is 0 Å². The number of nitriles is 2. The summed E-state index contributed by atoms with van der Waals surface area (Å²) in [5.74, 6) is 0.966. The van der Waals surface area contributed by atoms with Crippen LogP contribution in [-0.2, 0) is 0 Å². The van der Waals surface area contributed by atoms with Crippen LogP contribution in [0.2, 0.25) is 0 Å². The summed E-state index contributed by atoms with van der Waals surface area (Å²) < 4.78 is 0. The van der Waals surface area contributed by atoms with Crippen molar-refractivity contribution in [3.63, 3.8) is 0 Å². The van der Waals surface area contributed by atoms with Crippen molar-refractivity contribution < 1.29 is 0 Å². The Labute approximate surface area is 105 Å². The molecular formula is C13H22N4. The van der Waals surface area contributed by atoms with E-state index in [9.17, 15) is 5.26 Å². The lowest BCUT2D eigenvalue weighted by Crippen LogP contribution is -2.26. The van der Waals surface area contributed by atoms with Gasteiger partial charge >= 0.3 is 0 Å². The fraction of sp³-hybridized carbons (Fsp3) is 0.692. The maximum absolute atomic E-state index is 9.18. The van der Waals surface area contributed by atoms with Gasteiger partial charge in [0.15, 0.2) is 0 Å². The Balaban J connectivity index is 4.44. The SMILES string of the molecule is CN(C)C(=C(C#N)CCCCCC#N)N(C)C. The standard InChI is InChI=1S/C13H22N4/c1-16(2)13(17(3)4)12(11-15)9-7-5-6-8-10-14/h5-9H2,1-4H3. The molecule has 0 aliphatic heterocycles. The molecule has 0 N–H and O–H groups in total. The van der Waals surface area contributed by atoms with Crippen LogP contribution in [-0.4, -0.2) is 38.0 Å². The lowest BCUT2D eigenvalue weighted by molar-refractivity contribution is 0.336. The van der Waals surface area contributed by atoms with E-state index < -0.39 is 0 Å². The molecule has 0 spiro atoms. The first kappa shape index (κ1) is 15.3. The Morgan fingerprint density at radius 3 is 1.94 bits per heavy atom. The smallest absolute Gasteiger partial charge is 0.117 e. The highest BCUT2D eigenvalue weighted by atomic mass is 15.3. The predicted molar refractivity (Wildman–Crippen MR) is 68.7 cm³/mol. The number of hydrogen-bond acceptors (Lipinski definition) is 4. The Hall–Kier alpha value is -1.68. The molecule has 17 heavy (non-hydrogen) atoms. The molecule has 0 aromatic rings. The lowest BCUT2D eigenvalue weighted by Gasteiger charge is -2.26. The summed E-state index contributed by atoms with van der Waals surface area (Å²) in [6.07, 6.45) is 4.30. The van der Waals surface area contributed by atoms with E-state index in [2.05, 4.69) is 12.1 Å². The Bertz CT molecular complexity index is 318. The molecule has 0 atom stereocenters. The molecule has 0 aromatic carbocycles. The molecule has 0 radical (unpaired) electrons. The summed E-state index contributed by atoms with van der Waals surface area (Å²) in [4.78, 5) is 3.93. The quantitative estimate of drug-likeness (QED) is 0.501. The Morgan fingerprint density at radius 2 is 1.53 bits per heavy atom. The third kappa shape index (κ3) is 5.82. The second kappa shape index (κ2) is 8.47. The molecule has 0 fully saturated rings. The molecule has 0 aliphatic rings. The van der Waals surface area contributed by atoms with Crippen molar-refractivity contribution in [2.24, 2.45) is 0 Å². The zero-order valence-electron chi connectivity index (χ0n) is 11.3. The molecule has 4 nitrogen and oxygen atoms in total. The monoisotopic (exact) mass is 234 g/mol. The molecule has 0 aliphatic carbocycles. The second-order valence-corrected chi connectivity index (χ2v) is 4.42. The van der Waals surface area contributed by atoms with Crippen LogP contribution in [0.1, 0.15) is 32.1 Å². The van der Waals surface area contributed by atoms with Crippen LogP contribution in [0.25, 0.3) is 0 Å². The highest BCUT2D eigenvalue weighted by molar-refractivity contribution is 5.25. The van der Waals surface area contributed by atoms with Gasteiger partial charge in [0.05, 0.1) is 17.7 Å². The normalized spacial score (nSPS) is 9.06. The maximum atomic E-state index is 9.18. The van der Waals surface area contributed by atoms with Crippen molar-refractivity contribution in [2.45, 2.75) is 32.1 Å². The van der Waals surface area contributed by atoms with Crippen LogP contribution < -0.4 is 0 Å². The van der Waals surface area contributed by atoms with Crippen LogP contribution >= 0.6 is 0 Å². The summed E-state index contributed by atoms with van der Waals surface area (Å²) in [6.45, 7) is 0. The van der Waals surface area contributed by atoms with Crippen molar-refractivity contribution in [3.8, 4) is 12.1 Å². The van der Waals surface area contributed by atoms with Gasteiger partial charge < -0.3 is 9.80 Å². The van der Waals surface area contributed by atoms with Crippen molar-refractivity contribution in [1.82, 2.24) is 9.80 Å². The van der Waals surface area contributed by atoms with E-state index in [0.29, 0.717) is 6.42 Å². The number of allylic oxidation sites excluding steroid dienone is 1. The van der Waals surface area contributed by atoms with E-state index in [4.69, 9.17) is 5.26 Å². The largest absolute Gasteiger partial charge is 0.364 e. The van der Waals surface area contributed by atoms with E-state index in [0.717, 1.165) is 37.1 Å². The van der Waals surface area contributed by atoms with Gasteiger partial charge in [0, 0.05) is 34.6 Å². The number of nitrogens with zero attached hydrogens (tertiary/aromatic N) is 4. The minimum atomic E-state index is 0.611. The molecule has 0 rings (SSSR count). The summed E-state index contributed by atoms with van der Waals surface area (Å²) in [5.41, 5.74) is 0.817. The number of hydrogen-bond donors (Lipinski definition) is 0. The average molecular weight is 234 g/mol. The fourth-order valence-corrected chi connectivity index (χ4v) is 1.84. The van der Waals surface area contributed by atoms with Gasteiger partial charge in [-0.2, -0.15) is 10.5 Å². The fourth-order valence-electron chi connectivity index (χ4n) is 1.84. The van der Waals surface area contributed by atoms with Crippen LogP contribution in [0, 0.1) is 22.7 Å². The van der Waals surface area contributed by atoms with Gasteiger partial charge in [0.1, 0.15) is 5.82 Å². The minimum Gasteiger partial charge on any atom is -0.364 e. The molecule has 0 saturated carbocycles. The molecule has 0 saturated heterocycles. The summed E-state index contributed by atoms with van der Waals surface area (Å²) >= 11 is 0. The minimum absolute atomic E-state index is 0.611. The lowest BCUT2D eigenvalue weighted by atomic mass is 10.1. The molecule has 0 aromatic heterocycles. The first-order valence-corrected chi connectivity index (χ1v) is 5.89. The third-order valence-corrected chi connectivity index (χ3v) is 2.47. The third-order valence-electron chi connectivity index (χ3n) is 2.47. The van der Waals surface area contributed by atoms with Crippen LogP contribution in [0.4, 0.5) is 0 Å². The number of unbranched alkanes of at least 4 members (excludes halogenated alkanes) is 3. The van der Waals surface area contributed by atoms with E-state index in [1.807, 2.05) is 38.0 Å². The highest BCUT2D eigenvalue weighted by Gasteiger charge is 2.10. The van der Waals surface area contributed by atoms with Gasteiger partial charge in [0.25, 0.3) is 0 Å². The predicted octanol–water partition coefficient (Wildman–Crippen LogP) is 2.32. The van der Waals surface area contributed by atoms with Gasteiger partial charge in [-0.25, -0.2) is 0 Å². The van der Waals surface area contributed by atoms with Crippen molar-refractivity contribution in [3.05, 3.63) is 11.4 Å². The molecule has 0 amide bonds. The van der Waals surface area contributed by atoms with Crippen LogP contribution in [0.3, 0.4) is 0 Å². The zero-order valence-corrected chi connectivity index (χ0v) is 11.3. The molecular weight excluding hydrogens is 212 g/mol. The van der Waals surface area contributed by atoms with E-state index in [-0.39, 0.29) is 0 Å². The van der Waals surface area contributed by atoms with Gasteiger partial charge in [-0.15, -0.1) is 0 Å². The topological polar surface area (TPSA) is 54.1 Å². The van der Waals surface area contributed by atoms with Crippen molar-refractivity contribution >= 4 is 0 Å². The molecule has 0 unspecified atom stereocenters. The van der Waals surface area contributed by atoms with Crippen LogP contribution in [0.5, 0.6) is 0 Å². The zero-order chi connectivity index (χ0) is 13.3. The van der Waals surface area contributed by atoms with E-state index >= 15 is 0 Å². The summed E-state index contributed by atoms with van der Waals surface area (Å²) in [7, 11) is 7.79. The summed E-state index contributed by atoms with van der Waals surface area (Å²) in [5, 5.41) is 17.6. The average Bonchev–Trinajstić information content (AvgIpc) is 2.25. The maximum Gasteiger partial charge on any atom is 0.117 e. The molecule has 94 valence electrons. The highest BCUT2D eigenvalue weighted by Crippen LogP contribution is 2.16. The summed E-state index contributed by atoms with van der Waals surface area (Å²) in [6, 6.07) is 4.42. The Kier molecular flexibility index (Phi) is 7.63. The van der Waals surface area contributed by atoms with E-state index in [1.54, 1.807) is 0 Å². The van der Waals surface area contributed by atoms with E-state index in [1.165, 1.54) is 0 Å². The van der Waals surface area contributed by atoms with Gasteiger partial charge in [0.2, 0.25) is 0 Å². The Morgan fingerprint density at radius 1 is 0.941 bits per heavy atom. The molecule has 0 heterocycles. The second-order valence-electron chi connectivity index (χ2n) is 4.42. The molecule has 0 bridgehead atoms. The molecule has 4 heteroatoms. The first-order valence-electron chi connectivity index (χ1n) is 5.89. The van der Waals surface area contributed by atoms with Gasteiger partial charge in [-0.05, 0) is 19.3 Å². The van der Waals surface area contributed by atoms with Crippen molar-refractivity contribution in [1.29, 1.82) is 10.5 Å².